The first-order valence-corrected chi connectivity index (χ1v) is 6.82. The van der Waals surface area contributed by atoms with Gasteiger partial charge in [0.05, 0.1) is 11.3 Å². The van der Waals surface area contributed by atoms with Crippen LogP contribution in [0.25, 0.3) is 0 Å². The molecular formula is C14H23N3O2. The largest absolute Gasteiger partial charge is 0.397 e. The van der Waals surface area contributed by atoms with Crippen molar-refractivity contribution < 1.29 is 9.90 Å². The molecule has 19 heavy (non-hydrogen) atoms. The van der Waals surface area contributed by atoms with Crippen molar-refractivity contribution in [1.82, 2.24) is 9.88 Å². The summed E-state index contributed by atoms with van der Waals surface area (Å²) in [6.45, 7) is 2.51. The SMILES string of the molecule is CC1CCC(O)(CNC(=O)c2cc(N)cn2C)CC1. The van der Waals surface area contributed by atoms with Crippen molar-refractivity contribution in [1.29, 1.82) is 0 Å². The number of aromatic nitrogens is 1. The van der Waals surface area contributed by atoms with Gasteiger partial charge >= 0.3 is 0 Å². The van der Waals surface area contributed by atoms with Crippen LogP contribution in [0.3, 0.4) is 0 Å². The summed E-state index contributed by atoms with van der Waals surface area (Å²) >= 11 is 0. The highest BCUT2D eigenvalue weighted by atomic mass is 16.3. The molecule has 0 bridgehead atoms. The van der Waals surface area contributed by atoms with Gasteiger partial charge in [-0.1, -0.05) is 6.92 Å². The van der Waals surface area contributed by atoms with E-state index < -0.39 is 5.60 Å². The third-order valence-electron chi connectivity index (χ3n) is 4.04. The Labute approximate surface area is 113 Å². The van der Waals surface area contributed by atoms with Crippen LogP contribution in [0.2, 0.25) is 0 Å². The summed E-state index contributed by atoms with van der Waals surface area (Å²) in [6.07, 6.45) is 5.24. The smallest absolute Gasteiger partial charge is 0.268 e. The molecule has 1 aromatic rings. The monoisotopic (exact) mass is 265 g/mol. The van der Waals surface area contributed by atoms with Gasteiger partial charge in [0.25, 0.3) is 5.91 Å². The summed E-state index contributed by atoms with van der Waals surface area (Å²) in [5.74, 6) is 0.481. The fourth-order valence-electron chi connectivity index (χ4n) is 2.63. The van der Waals surface area contributed by atoms with Gasteiger partial charge in [0.15, 0.2) is 0 Å². The number of hydrogen-bond acceptors (Lipinski definition) is 3. The Hall–Kier alpha value is -1.49. The molecule has 4 N–H and O–H groups in total. The van der Waals surface area contributed by atoms with Gasteiger partial charge in [-0.2, -0.15) is 0 Å². The fourth-order valence-corrected chi connectivity index (χ4v) is 2.63. The van der Waals surface area contributed by atoms with Crippen molar-refractivity contribution in [2.75, 3.05) is 12.3 Å². The average Bonchev–Trinajstić information content (AvgIpc) is 2.70. The van der Waals surface area contributed by atoms with Crippen LogP contribution in [-0.4, -0.2) is 27.7 Å². The summed E-state index contributed by atoms with van der Waals surface area (Å²) in [5.41, 5.74) is 5.98. The minimum absolute atomic E-state index is 0.189. The van der Waals surface area contributed by atoms with Gasteiger partial charge in [0.2, 0.25) is 0 Å². The van der Waals surface area contributed by atoms with Gasteiger partial charge in [-0.3, -0.25) is 4.79 Å². The van der Waals surface area contributed by atoms with Crippen LogP contribution in [0.4, 0.5) is 5.69 Å². The molecule has 1 aromatic heterocycles. The highest BCUT2D eigenvalue weighted by Crippen LogP contribution is 2.31. The molecule has 1 saturated carbocycles. The maximum atomic E-state index is 12.0. The number of nitrogens with one attached hydrogen (secondary N) is 1. The molecule has 1 aliphatic rings. The molecular weight excluding hydrogens is 242 g/mol. The van der Waals surface area contributed by atoms with E-state index in [2.05, 4.69) is 12.2 Å². The lowest BCUT2D eigenvalue weighted by atomic mass is 9.79. The number of anilines is 1. The number of aliphatic hydroxyl groups is 1. The van der Waals surface area contributed by atoms with E-state index in [0.29, 0.717) is 23.8 Å². The Bertz CT molecular complexity index is 459. The van der Waals surface area contributed by atoms with Crippen molar-refractivity contribution in [2.24, 2.45) is 13.0 Å². The quantitative estimate of drug-likeness (QED) is 0.770. The Morgan fingerprint density at radius 3 is 2.74 bits per heavy atom. The molecule has 5 nitrogen and oxygen atoms in total. The van der Waals surface area contributed by atoms with Crippen LogP contribution in [0.5, 0.6) is 0 Å². The van der Waals surface area contributed by atoms with E-state index in [9.17, 15) is 9.90 Å². The summed E-state index contributed by atoms with van der Waals surface area (Å²) in [5, 5.41) is 13.2. The summed E-state index contributed by atoms with van der Waals surface area (Å²) < 4.78 is 1.69. The van der Waals surface area contributed by atoms with Crippen molar-refractivity contribution in [2.45, 2.75) is 38.2 Å². The number of aryl methyl sites for hydroxylation is 1. The lowest BCUT2D eigenvalue weighted by Crippen LogP contribution is -2.45. The van der Waals surface area contributed by atoms with Crippen LogP contribution >= 0.6 is 0 Å². The molecule has 0 atom stereocenters. The zero-order valence-electron chi connectivity index (χ0n) is 11.6. The number of rotatable bonds is 3. The molecule has 0 aliphatic heterocycles. The molecule has 0 radical (unpaired) electrons. The summed E-state index contributed by atoms with van der Waals surface area (Å²) in [6, 6.07) is 1.64. The second-order valence-electron chi connectivity index (χ2n) is 5.86. The number of nitrogens with two attached hydrogens (primary N) is 1. The third-order valence-corrected chi connectivity index (χ3v) is 4.04. The number of carbonyl (C=O) groups is 1. The van der Waals surface area contributed by atoms with E-state index in [1.807, 2.05) is 0 Å². The average molecular weight is 265 g/mol. The first-order valence-electron chi connectivity index (χ1n) is 6.82. The molecule has 1 heterocycles. The number of amides is 1. The van der Waals surface area contributed by atoms with Crippen LogP contribution in [0.1, 0.15) is 43.1 Å². The minimum Gasteiger partial charge on any atom is -0.397 e. The molecule has 106 valence electrons. The van der Waals surface area contributed by atoms with Crippen molar-refractivity contribution in [3.8, 4) is 0 Å². The van der Waals surface area contributed by atoms with E-state index >= 15 is 0 Å². The normalized spacial score (nSPS) is 27.2. The van der Waals surface area contributed by atoms with Crippen LogP contribution in [-0.2, 0) is 7.05 Å². The molecule has 0 aromatic carbocycles. The predicted octanol–water partition coefficient (Wildman–Crippen LogP) is 1.28. The highest BCUT2D eigenvalue weighted by molar-refractivity contribution is 5.93. The van der Waals surface area contributed by atoms with Gasteiger partial charge in [-0.25, -0.2) is 0 Å². The van der Waals surface area contributed by atoms with Crippen LogP contribution in [0, 0.1) is 5.92 Å². The second-order valence-corrected chi connectivity index (χ2v) is 5.86. The number of carbonyl (C=O) groups excluding carboxylic acids is 1. The zero-order chi connectivity index (χ0) is 14.0. The Balaban J connectivity index is 1.92. The molecule has 0 spiro atoms. The summed E-state index contributed by atoms with van der Waals surface area (Å²) in [7, 11) is 1.78. The van der Waals surface area contributed by atoms with Gasteiger partial charge in [-0.05, 0) is 37.7 Å². The van der Waals surface area contributed by atoms with Gasteiger partial charge in [-0.15, -0.1) is 0 Å². The van der Waals surface area contributed by atoms with Crippen molar-refractivity contribution >= 4 is 11.6 Å². The molecule has 2 rings (SSSR count). The molecule has 1 amide bonds. The number of hydrogen-bond donors (Lipinski definition) is 3. The van der Waals surface area contributed by atoms with Crippen LogP contribution < -0.4 is 11.1 Å². The molecule has 1 aliphatic carbocycles. The minimum atomic E-state index is -0.751. The number of nitrogens with zero attached hydrogens (tertiary/aromatic N) is 1. The van der Waals surface area contributed by atoms with E-state index in [4.69, 9.17) is 5.73 Å². The van der Waals surface area contributed by atoms with Gasteiger partial charge in [0, 0.05) is 19.8 Å². The standard InChI is InChI=1S/C14H23N3O2/c1-10-3-5-14(19,6-4-10)9-16-13(18)12-7-11(15)8-17(12)2/h7-8,10,19H,3-6,9,15H2,1-2H3,(H,16,18). The molecule has 0 saturated heterocycles. The van der Waals surface area contributed by atoms with E-state index in [1.165, 1.54) is 0 Å². The molecule has 0 unspecified atom stereocenters. The Kier molecular flexibility index (Phi) is 3.85. The Morgan fingerprint density at radius 1 is 1.58 bits per heavy atom. The van der Waals surface area contributed by atoms with Crippen LogP contribution in [0.15, 0.2) is 12.3 Å². The van der Waals surface area contributed by atoms with Crippen molar-refractivity contribution in [3.05, 3.63) is 18.0 Å². The Morgan fingerprint density at radius 2 is 2.21 bits per heavy atom. The maximum absolute atomic E-state index is 12.0. The predicted molar refractivity (Wildman–Crippen MR) is 74.7 cm³/mol. The third kappa shape index (κ3) is 3.29. The maximum Gasteiger partial charge on any atom is 0.268 e. The van der Waals surface area contributed by atoms with E-state index in [0.717, 1.165) is 25.7 Å². The molecule has 1 fully saturated rings. The second kappa shape index (κ2) is 5.25. The van der Waals surface area contributed by atoms with E-state index in [-0.39, 0.29) is 5.91 Å². The highest BCUT2D eigenvalue weighted by Gasteiger charge is 2.32. The lowest BCUT2D eigenvalue weighted by Gasteiger charge is -2.34. The fraction of sp³-hybridized carbons (Fsp3) is 0.643. The summed E-state index contributed by atoms with van der Waals surface area (Å²) in [4.78, 5) is 12.0. The van der Waals surface area contributed by atoms with Gasteiger partial charge in [0.1, 0.15) is 5.69 Å². The van der Waals surface area contributed by atoms with Gasteiger partial charge < -0.3 is 20.7 Å². The molecule has 5 heteroatoms. The zero-order valence-corrected chi connectivity index (χ0v) is 11.6. The van der Waals surface area contributed by atoms with E-state index in [1.54, 1.807) is 23.9 Å². The topological polar surface area (TPSA) is 80.3 Å². The first kappa shape index (κ1) is 13.9. The first-order chi connectivity index (χ1) is 8.89. The lowest BCUT2D eigenvalue weighted by molar-refractivity contribution is -0.00546. The number of nitrogen functional groups attached to an aromatic ring is 1. The van der Waals surface area contributed by atoms with Crippen molar-refractivity contribution in [3.63, 3.8) is 0 Å².